The molecule has 0 radical (unpaired) electrons. The summed E-state index contributed by atoms with van der Waals surface area (Å²) in [7, 11) is 0. The lowest BCUT2D eigenvalue weighted by Crippen LogP contribution is -2.32. The van der Waals surface area contributed by atoms with Crippen molar-refractivity contribution in [2.24, 2.45) is 5.92 Å². The molecule has 0 spiro atoms. The number of alkyl halides is 3. The van der Waals surface area contributed by atoms with Gasteiger partial charge >= 0.3 is 6.18 Å². The van der Waals surface area contributed by atoms with Crippen molar-refractivity contribution >= 4 is 16.6 Å². The molecule has 4 nitrogen and oxygen atoms in total. The van der Waals surface area contributed by atoms with Gasteiger partial charge < -0.3 is 9.88 Å². The van der Waals surface area contributed by atoms with Crippen molar-refractivity contribution in [3.8, 4) is 17.2 Å². The highest BCUT2D eigenvalue weighted by molar-refractivity contribution is 5.86. The Morgan fingerprint density at radius 2 is 1.75 bits per heavy atom. The summed E-state index contributed by atoms with van der Waals surface area (Å²) in [4.78, 5) is 10.1. The lowest BCUT2D eigenvalue weighted by Gasteiger charge is -2.29. The third kappa shape index (κ3) is 5.52. The Hall–Kier alpha value is -3.96. The second-order valence-corrected chi connectivity index (χ2v) is 10.8. The van der Waals surface area contributed by atoms with Crippen LogP contribution in [0.15, 0.2) is 66.2 Å². The number of rotatable bonds is 6. The molecular weight excluding hydrogens is 516 g/mol. The number of H-pyrrole nitrogens is 1. The fourth-order valence-electron chi connectivity index (χ4n) is 5.58. The first-order valence-corrected chi connectivity index (χ1v) is 13.6. The Kier molecular flexibility index (Phi) is 6.93. The van der Waals surface area contributed by atoms with Crippen molar-refractivity contribution < 1.29 is 17.6 Å². The molecule has 2 fully saturated rings. The lowest BCUT2D eigenvalue weighted by atomic mass is 9.91. The van der Waals surface area contributed by atoms with E-state index >= 15 is 0 Å². The van der Waals surface area contributed by atoms with E-state index in [0.29, 0.717) is 12.2 Å². The summed E-state index contributed by atoms with van der Waals surface area (Å²) in [6, 6.07) is 19.7. The molecule has 0 amide bonds. The number of aromatic nitrogens is 2. The number of aromatic amines is 1. The number of nitrogens with zero attached hydrogens (tertiary/aromatic N) is 3. The summed E-state index contributed by atoms with van der Waals surface area (Å²) in [5.41, 5.74) is 4.90. The second kappa shape index (κ2) is 10.5. The average molecular weight is 545 g/mol. The number of likely N-dealkylation sites (tertiary alicyclic amines) is 1. The van der Waals surface area contributed by atoms with Gasteiger partial charge in [-0.05, 0) is 59.9 Å². The number of halogens is 4. The van der Waals surface area contributed by atoms with Crippen LogP contribution in [-0.2, 0) is 12.6 Å². The molecule has 1 aromatic heterocycles. The van der Waals surface area contributed by atoms with Gasteiger partial charge in [0.2, 0.25) is 0 Å². The summed E-state index contributed by atoms with van der Waals surface area (Å²) in [5, 5.41) is 9.05. The molecule has 4 aromatic rings. The van der Waals surface area contributed by atoms with Crippen LogP contribution in [0.1, 0.15) is 48.2 Å². The zero-order valence-corrected chi connectivity index (χ0v) is 21.9. The summed E-state index contributed by atoms with van der Waals surface area (Å²) >= 11 is 0. The van der Waals surface area contributed by atoms with Crippen molar-refractivity contribution in [2.45, 2.75) is 38.3 Å². The molecule has 40 heavy (non-hydrogen) atoms. The monoisotopic (exact) mass is 544 g/mol. The van der Waals surface area contributed by atoms with Gasteiger partial charge in [0.25, 0.3) is 0 Å². The van der Waals surface area contributed by atoms with Gasteiger partial charge in [-0.25, -0.2) is 9.37 Å². The Morgan fingerprint density at radius 1 is 1.00 bits per heavy atom. The van der Waals surface area contributed by atoms with E-state index in [1.165, 1.54) is 18.4 Å². The van der Waals surface area contributed by atoms with Crippen LogP contribution in [0.25, 0.3) is 27.7 Å². The molecule has 0 bridgehead atoms. The molecule has 1 N–H and O–H groups in total. The second-order valence-electron chi connectivity index (χ2n) is 10.8. The van der Waals surface area contributed by atoms with Gasteiger partial charge in [0.05, 0.1) is 29.1 Å². The van der Waals surface area contributed by atoms with Gasteiger partial charge in [-0.1, -0.05) is 54.1 Å². The van der Waals surface area contributed by atoms with Crippen LogP contribution < -0.4 is 0 Å². The average Bonchev–Trinajstić information content (AvgIpc) is 3.66. The number of hydrogen-bond donors (Lipinski definition) is 1. The normalized spacial score (nSPS) is 16.3. The molecule has 1 saturated heterocycles. The highest BCUT2D eigenvalue weighted by atomic mass is 19.4. The lowest BCUT2D eigenvalue weighted by molar-refractivity contribution is -0.139. The first-order valence-electron chi connectivity index (χ1n) is 13.6. The molecule has 0 atom stereocenters. The van der Waals surface area contributed by atoms with E-state index in [1.54, 1.807) is 0 Å². The maximum Gasteiger partial charge on any atom is 0.419 e. The van der Waals surface area contributed by atoms with E-state index in [1.807, 2.05) is 48.5 Å². The highest BCUT2D eigenvalue weighted by Gasteiger charge is 2.35. The van der Waals surface area contributed by atoms with Crippen LogP contribution in [0.5, 0.6) is 0 Å². The van der Waals surface area contributed by atoms with Crippen LogP contribution in [0.4, 0.5) is 17.6 Å². The van der Waals surface area contributed by atoms with Crippen molar-refractivity contribution in [1.29, 1.82) is 5.26 Å². The van der Waals surface area contributed by atoms with Gasteiger partial charge in [0.15, 0.2) is 0 Å². The summed E-state index contributed by atoms with van der Waals surface area (Å²) in [5.74, 6) is -0.0796. The van der Waals surface area contributed by atoms with Crippen LogP contribution in [0.2, 0.25) is 0 Å². The molecule has 1 saturated carbocycles. The van der Waals surface area contributed by atoms with E-state index in [9.17, 15) is 17.6 Å². The third-order valence-corrected chi connectivity index (χ3v) is 7.86. The number of nitriles is 1. The van der Waals surface area contributed by atoms with Gasteiger partial charge in [0, 0.05) is 31.3 Å². The highest BCUT2D eigenvalue weighted by Crippen LogP contribution is 2.37. The quantitative estimate of drug-likeness (QED) is 0.253. The predicted molar refractivity (Wildman–Crippen MR) is 147 cm³/mol. The Bertz CT molecular complexity index is 1610. The molecule has 1 aliphatic heterocycles. The third-order valence-electron chi connectivity index (χ3n) is 7.86. The van der Waals surface area contributed by atoms with Crippen molar-refractivity contribution in [1.82, 2.24) is 14.9 Å². The molecule has 1 aliphatic carbocycles. The molecule has 3 aromatic carbocycles. The number of nitrogens with one attached hydrogen (secondary N) is 1. The van der Waals surface area contributed by atoms with E-state index in [0.717, 1.165) is 78.4 Å². The molecule has 2 aliphatic rings. The molecule has 0 unspecified atom stereocenters. The predicted octanol–water partition coefficient (Wildman–Crippen LogP) is 7.76. The topological polar surface area (TPSA) is 55.7 Å². The maximum absolute atomic E-state index is 14.3. The number of piperidine rings is 1. The number of imidazole rings is 1. The van der Waals surface area contributed by atoms with Crippen molar-refractivity contribution in [3.63, 3.8) is 0 Å². The van der Waals surface area contributed by atoms with E-state index in [4.69, 9.17) is 5.26 Å². The first-order chi connectivity index (χ1) is 19.3. The Balaban J connectivity index is 1.39. The Morgan fingerprint density at radius 3 is 2.42 bits per heavy atom. The maximum atomic E-state index is 14.3. The van der Waals surface area contributed by atoms with E-state index < -0.39 is 17.6 Å². The summed E-state index contributed by atoms with van der Waals surface area (Å²) in [6.07, 6.45) is -0.196. The van der Waals surface area contributed by atoms with Crippen LogP contribution in [0, 0.1) is 23.1 Å². The molecule has 2 heterocycles. The number of benzene rings is 3. The van der Waals surface area contributed by atoms with E-state index in [-0.39, 0.29) is 11.0 Å². The molecular formula is C32H28F4N4. The summed E-state index contributed by atoms with van der Waals surface area (Å²) in [6.45, 7) is 2.96. The van der Waals surface area contributed by atoms with Gasteiger partial charge in [-0.2, -0.15) is 18.4 Å². The van der Waals surface area contributed by atoms with Crippen molar-refractivity contribution in [2.75, 3.05) is 19.6 Å². The minimum Gasteiger partial charge on any atom is -0.338 e. The zero-order chi connectivity index (χ0) is 27.9. The van der Waals surface area contributed by atoms with Crippen LogP contribution >= 0.6 is 0 Å². The summed E-state index contributed by atoms with van der Waals surface area (Å²) < 4.78 is 54.4. The minimum absolute atomic E-state index is 0.152. The van der Waals surface area contributed by atoms with Crippen molar-refractivity contribution in [3.05, 3.63) is 94.6 Å². The molecule has 204 valence electrons. The zero-order valence-electron chi connectivity index (χ0n) is 21.9. The van der Waals surface area contributed by atoms with Gasteiger partial charge in [0.1, 0.15) is 11.6 Å². The molecule has 6 rings (SSSR count). The Labute approximate surface area is 230 Å². The largest absolute Gasteiger partial charge is 0.419 e. The van der Waals surface area contributed by atoms with Crippen LogP contribution in [-0.4, -0.2) is 34.5 Å². The van der Waals surface area contributed by atoms with E-state index in [2.05, 4.69) is 20.9 Å². The van der Waals surface area contributed by atoms with Gasteiger partial charge in [-0.3, -0.25) is 0 Å². The fraction of sp³-hybridized carbons (Fsp3) is 0.312. The fourth-order valence-corrected chi connectivity index (χ4v) is 5.58. The van der Waals surface area contributed by atoms with Crippen LogP contribution in [0.3, 0.4) is 0 Å². The smallest absolute Gasteiger partial charge is 0.338 e. The van der Waals surface area contributed by atoms with Gasteiger partial charge in [-0.15, -0.1) is 0 Å². The standard InChI is InChI=1S/C32H28F4N4/c33-27-18-29-28(17-26(27)32(34,35)36)38-31(39-29)30(24-11-14-40(15-12-24)19-21-4-5-21)23-8-6-22(7-9-23)25-3-1-2-20(16-25)10-13-37/h1-3,6-9,16-18,21H,4-5,10-12,14-15,19H2,(H,38,39). The molecule has 8 heteroatoms. The minimum atomic E-state index is -4.79. The SMILES string of the molecule is N#CCc1cccc(-c2ccc(C(=C3CCN(CC4CC4)CC3)c3nc4cc(F)c(C(F)(F)F)cc4[nH]3)cc2)c1. The number of fused-ring (bicyclic) bond motifs is 1. The first kappa shape index (κ1) is 26.3. The number of hydrogen-bond acceptors (Lipinski definition) is 3.